The van der Waals surface area contributed by atoms with E-state index in [1.807, 2.05) is 6.07 Å². The Balaban J connectivity index is 1.13. The van der Waals surface area contributed by atoms with Crippen molar-refractivity contribution in [2.75, 3.05) is 39.4 Å². The highest BCUT2D eigenvalue weighted by molar-refractivity contribution is 5.88. The molecule has 6 aliphatic rings. The molecule has 1 heterocycles. The molecule has 7 rings (SSSR count). The third kappa shape index (κ3) is 4.73. The maximum absolute atomic E-state index is 14.8. The molecule has 0 spiro atoms. The van der Waals surface area contributed by atoms with Gasteiger partial charge in [0.15, 0.2) is 0 Å². The van der Waals surface area contributed by atoms with E-state index in [0.29, 0.717) is 28.2 Å². The van der Waals surface area contributed by atoms with Gasteiger partial charge < -0.3 is 15.2 Å². The number of ether oxygens (including phenoxy) is 1. The number of nitrogens with one attached hydrogen (secondary N) is 1. The van der Waals surface area contributed by atoms with E-state index in [1.54, 1.807) is 0 Å². The third-order valence-corrected chi connectivity index (χ3v) is 15.5. The Labute approximate surface area is 270 Å². The fourth-order valence-electron chi connectivity index (χ4n) is 13.1. The Morgan fingerprint density at radius 2 is 1.73 bits per heavy atom. The lowest BCUT2D eigenvalue weighted by molar-refractivity contribution is -0.217. The number of benzene rings is 1. The van der Waals surface area contributed by atoms with Crippen LogP contribution in [0.3, 0.4) is 0 Å². The summed E-state index contributed by atoms with van der Waals surface area (Å²) in [6.45, 7) is 18.9. The van der Waals surface area contributed by atoms with Gasteiger partial charge in [-0.05, 0) is 126 Å². The van der Waals surface area contributed by atoms with Crippen molar-refractivity contribution in [3.8, 4) is 0 Å². The number of rotatable bonds is 6. The average molecular weight is 621 g/mol. The number of hydrogen-bond acceptors (Lipinski definition) is 4. The molecule has 5 nitrogen and oxygen atoms in total. The molecule has 5 fully saturated rings. The van der Waals surface area contributed by atoms with Gasteiger partial charge >= 0.3 is 5.97 Å². The second-order valence-corrected chi connectivity index (χ2v) is 17.2. The summed E-state index contributed by atoms with van der Waals surface area (Å²) in [6.07, 6.45) is 15.4. The van der Waals surface area contributed by atoms with Crippen molar-refractivity contribution in [2.45, 2.75) is 104 Å². The molecule has 7 unspecified atom stereocenters. The van der Waals surface area contributed by atoms with Crippen LogP contribution in [-0.2, 0) is 4.74 Å². The molecular formula is C39H57FN2O3. The van der Waals surface area contributed by atoms with Gasteiger partial charge in [0, 0.05) is 31.7 Å². The summed E-state index contributed by atoms with van der Waals surface area (Å²) in [6, 6.07) is 4.73. The molecule has 0 radical (unpaired) electrons. The molecule has 2 N–H and O–H groups in total. The summed E-state index contributed by atoms with van der Waals surface area (Å²) in [5, 5.41) is 13.6. The molecule has 1 aromatic carbocycles. The molecule has 5 aliphatic carbocycles. The number of nitrogens with zero attached hydrogens (tertiary/aromatic N) is 1. The smallest absolute Gasteiger partial charge is 0.338 e. The predicted molar refractivity (Wildman–Crippen MR) is 178 cm³/mol. The molecule has 0 aromatic heterocycles. The van der Waals surface area contributed by atoms with Gasteiger partial charge in [0.1, 0.15) is 5.82 Å². The fourth-order valence-corrected chi connectivity index (χ4v) is 13.1. The quantitative estimate of drug-likeness (QED) is 0.337. The standard InChI is InChI=1S/C39H57FN2O3/c1-35(2)28(26-8-9-27(34(43)44)31(40)25-26)12-15-36(3)32(35)13-16-38(5)33(36)11-10-29-30-7-6-14-39(30,18-17-37(29,38)4)41-19-20-42-21-23-45-24-22-42/h8-9,12,25,29-30,32-33,41H,6-7,10-11,13-24H2,1-5H3,(H,43,44)/t29?,30?,32?,33?,36?,37-,38?,39?/m1/s1. The van der Waals surface area contributed by atoms with Crippen molar-refractivity contribution in [2.24, 2.45) is 45.3 Å². The van der Waals surface area contributed by atoms with Crippen LogP contribution >= 0.6 is 0 Å². The molecule has 248 valence electrons. The van der Waals surface area contributed by atoms with E-state index in [1.165, 1.54) is 75.5 Å². The number of carbonyl (C=O) groups is 1. The van der Waals surface area contributed by atoms with E-state index in [-0.39, 0.29) is 16.4 Å². The Hall–Kier alpha value is -1.76. The van der Waals surface area contributed by atoms with Crippen LogP contribution in [0.4, 0.5) is 4.39 Å². The van der Waals surface area contributed by atoms with Gasteiger partial charge in [-0.1, -0.05) is 53.2 Å². The summed E-state index contributed by atoms with van der Waals surface area (Å²) >= 11 is 0. The molecule has 0 amide bonds. The first kappa shape index (κ1) is 31.8. The maximum Gasteiger partial charge on any atom is 0.338 e. The minimum atomic E-state index is -1.21. The zero-order valence-electron chi connectivity index (χ0n) is 28.5. The second kappa shape index (κ2) is 11.2. The number of aromatic carboxylic acids is 1. The zero-order chi connectivity index (χ0) is 31.8. The van der Waals surface area contributed by atoms with Crippen LogP contribution in [0.5, 0.6) is 0 Å². The first-order chi connectivity index (χ1) is 21.4. The van der Waals surface area contributed by atoms with Crippen molar-refractivity contribution in [1.82, 2.24) is 10.2 Å². The van der Waals surface area contributed by atoms with Crippen LogP contribution in [-0.4, -0.2) is 60.9 Å². The molecule has 1 aromatic rings. The van der Waals surface area contributed by atoms with E-state index in [4.69, 9.17) is 4.74 Å². The van der Waals surface area contributed by atoms with Crippen molar-refractivity contribution in [1.29, 1.82) is 0 Å². The van der Waals surface area contributed by atoms with Gasteiger partial charge in [0.2, 0.25) is 0 Å². The first-order valence-corrected chi connectivity index (χ1v) is 18.1. The molecular weight excluding hydrogens is 563 g/mol. The van der Waals surface area contributed by atoms with Crippen LogP contribution in [0.25, 0.3) is 5.57 Å². The van der Waals surface area contributed by atoms with Gasteiger partial charge in [-0.15, -0.1) is 0 Å². The van der Waals surface area contributed by atoms with E-state index < -0.39 is 11.8 Å². The Morgan fingerprint density at radius 1 is 0.956 bits per heavy atom. The van der Waals surface area contributed by atoms with Crippen LogP contribution in [0.2, 0.25) is 0 Å². The highest BCUT2D eigenvalue weighted by atomic mass is 19.1. The van der Waals surface area contributed by atoms with Crippen LogP contribution in [0.1, 0.15) is 115 Å². The summed E-state index contributed by atoms with van der Waals surface area (Å²) in [5.41, 5.74) is 2.90. The fraction of sp³-hybridized carbons (Fsp3) is 0.769. The lowest BCUT2D eigenvalue weighted by Crippen LogP contribution is -2.67. The number of fused-ring (bicyclic) bond motifs is 7. The SMILES string of the molecule is CC1(C)C(c2ccc(C(=O)O)c(F)c2)=CCC2(C)C1CCC1(C)C2CCC2C3CCCC3(NCCN3CCOCC3)CC[C@]21C. The Bertz CT molecular complexity index is 1350. The normalized spacial score (nSPS) is 42.6. The third-order valence-electron chi connectivity index (χ3n) is 15.5. The number of carboxylic acid groups (broad SMARTS) is 1. The lowest BCUT2D eigenvalue weighted by atomic mass is 9.33. The lowest BCUT2D eigenvalue weighted by Gasteiger charge is -2.72. The van der Waals surface area contributed by atoms with Crippen molar-refractivity contribution in [3.05, 3.63) is 41.2 Å². The molecule has 4 saturated carbocycles. The predicted octanol–water partition coefficient (Wildman–Crippen LogP) is 8.05. The second-order valence-electron chi connectivity index (χ2n) is 17.2. The van der Waals surface area contributed by atoms with Crippen LogP contribution < -0.4 is 5.32 Å². The van der Waals surface area contributed by atoms with Gasteiger partial charge in [0.05, 0.1) is 18.8 Å². The Morgan fingerprint density at radius 3 is 2.47 bits per heavy atom. The van der Waals surface area contributed by atoms with Crippen LogP contribution in [0.15, 0.2) is 24.3 Å². The largest absolute Gasteiger partial charge is 0.478 e. The average Bonchev–Trinajstić information content (AvgIpc) is 3.42. The molecule has 6 heteroatoms. The number of hydrogen-bond donors (Lipinski definition) is 2. The van der Waals surface area contributed by atoms with Crippen molar-refractivity contribution >= 4 is 11.5 Å². The van der Waals surface area contributed by atoms with Gasteiger partial charge in [-0.2, -0.15) is 0 Å². The highest BCUT2D eigenvalue weighted by Crippen LogP contribution is 2.76. The molecule has 1 saturated heterocycles. The monoisotopic (exact) mass is 620 g/mol. The van der Waals surface area contributed by atoms with Gasteiger partial charge in [-0.3, -0.25) is 4.90 Å². The van der Waals surface area contributed by atoms with E-state index >= 15 is 0 Å². The van der Waals surface area contributed by atoms with Crippen molar-refractivity contribution in [3.63, 3.8) is 0 Å². The van der Waals surface area contributed by atoms with E-state index in [0.717, 1.165) is 63.2 Å². The number of carboxylic acids is 1. The molecule has 0 bridgehead atoms. The Kier molecular flexibility index (Phi) is 7.89. The minimum absolute atomic E-state index is 0.110. The summed E-state index contributed by atoms with van der Waals surface area (Å²) in [4.78, 5) is 14.1. The number of allylic oxidation sites excluding steroid dienone is 2. The summed E-state index contributed by atoms with van der Waals surface area (Å²) in [7, 11) is 0. The molecule has 8 atom stereocenters. The molecule has 1 aliphatic heterocycles. The highest BCUT2D eigenvalue weighted by Gasteiger charge is 2.69. The number of morpholine rings is 1. The van der Waals surface area contributed by atoms with Crippen molar-refractivity contribution < 1.29 is 19.0 Å². The number of halogens is 1. The topological polar surface area (TPSA) is 61.8 Å². The summed E-state index contributed by atoms with van der Waals surface area (Å²) < 4.78 is 20.4. The van der Waals surface area contributed by atoms with E-state index in [9.17, 15) is 14.3 Å². The van der Waals surface area contributed by atoms with Crippen LogP contribution in [0, 0.1) is 51.1 Å². The zero-order valence-corrected chi connectivity index (χ0v) is 28.5. The van der Waals surface area contributed by atoms with Gasteiger partial charge in [0.25, 0.3) is 0 Å². The van der Waals surface area contributed by atoms with Gasteiger partial charge in [-0.25, -0.2) is 9.18 Å². The first-order valence-electron chi connectivity index (χ1n) is 18.1. The maximum atomic E-state index is 14.8. The summed E-state index contributed by atoms with van der Waals surface area (Å²) in [5.74, 6) is 0.938. The minimum Gasteiger partial charge on any atom is -0.478 e. The van der Waals surface area contributed by atoms with E-state index in [2.05, 4.69) is 50.9 Å². The molecule has 45 heavy (non-hydrogen) atoms.